The number of halogens is 1. The van der Waals surface area contributed by atoms with E-state index < -0.39 is 5.97 Å². The first-order valence-electron chi connectivity index (χ1n) is 5.51. The number of benzene rings is 1. The van der Waals surface area contributed by atoms with Crippen molar-refractivity contribution in [1.29, 1.82) is 0 Å². The molecule has 0 aliphatic carbocycles. The van der Waals surface area contributed by atoms with Gasteiger partial charge < -0.3 is 10.4 Å². The van der Waals surface area contributed by atoms with Gasteiger partial charge in [0, 0.05) is 16.0 Å². The number of rotatable bonds is 5. The Hall–Kier alpha value is -1.99. The third-order valence-corrected chi connectivity index (χ3v) is 3.52. The predicted molar refractivity (Wildman–Crippen MR) is 76.4 cm³/mol. The number of carbonyl (C=O) groups is 2. The van der Waals surface area contributed by atoms with Crippen molar-refractivity contribution in [1.82, 2.24) is 10.2 Å². The minimum absolute atomic E-state index is 0.0781. The molecule has 0 aliphatic heterocycles. The number of aromatic amines is 1. The summed E-state index contributed by atoms with van der Waals surface area (Å²) in [6.07, 6.45) is 0. The minimum atomic E-state index is -1.13. The van der Waals surface area contributed by atoms with E-state index in [1.54, 1.807) is 12.1 Å². The van der Waals surface area contributed by atoms with Gasteiger partial charge in [-0.3, -0.25) is 9.89 Å². The first-order chi connectivity index (χ1) is 9.54. The van der Waals surface area contributed by atoms with E-state index >= 15 is 0 Å². The molecule has 0 aliphatic rings. The summed E-state index contributed by atoms with van der Waals surface area (Å²) in [6.45, 7) is 0. The Bertz CT molecular complexity index is 627. The molecule has 1 aromatic carbocycles. The van der Waals surface area contributed by atoms with Crippen LogP contribution in [0.4, 0.5) is 5.82 Å². The van der Waals surface area contributed by atoms with Crippen molar-refractivity contribution in [3.63, 3.8) is 0 Å². The Balaban J connectivity index is 1.85. The maximum atomic E-state index is 11.7. The molecule has 1 amide bonds. The van der Waals surface area contributed by atoms with Crippen molar-refractivity contribution in [2.24, 2.45) is 0 Å². The van der Waals surface area contributed by atoms with Gasteiger partial charge in [-0.15, -0.1) is 11.8 Å². The summed E-state index contributed by atoms with van der Waals surface area (Å²) in [7, 11) is 0. The lowest BCUT2D eigenvalue weighted by molar-refractivity contribution is -0.113. The molecular formula is C12H10ClN3O3S. The molecule has 0 radical (unpaired) electrons. The van der Waals surface area contributed by atoms with Gasteiger partial charge in [0.2, 0.25) is 5.91 Å². The fourth-order valence-electron chi connectivity index (χ4n) is 1.35. The minimum Gasteiger partial charge on any atom is -0.477 e. The van der Waals surface area contributed by atoms with Crippen LogP contribution in [-0.4, -0.2) is 32.9 Å². The van der Waals surface area contributed by atoms with Crippen LogP contribution in [0.25, 0.3) is 0 Å². The highest BCUT2D eigenvalue weighted by Gasteiger charge is 2.10. The van der Waals surface area contributed by atoms with Crippen LogP contribution in [0.2, 0.25) is 5.02 Å². The standard InChI is InChI=1S/C12H10ClN3O3S/c13-7-1-3-8(4-2-7)20-6-11(17)14-10-5-9(12(18)19)15-16-10/h1-5H,6H2,(H,18,19)(H2,14,15,16,17). The average Bonchev–Trinajstić information content (AvgIpc) is 2.87. The van der Waals surface area contributed by atoms with Crippen LogP contribution >= 0.6 is 23.4 Å². The van der Waals surface area contributed by atoms with Gasteiger partial charge in [0.15, 0.2) is 5.82 Å². The molecular weight excluding hydrogens is 302 g/mol. The van der Waals surface area contributed by atoms with Crippen LogP contribution in [-0.2, 0) is 4.79 Å². The van der Waals surface area contributed by atoms with Gasteiger partial charge in [-0.25, -0.2) is 4.79 Å². The molecule has 0 unspecified atom stereocenters. The Morgan fingerprint density at radius 3 is 2.65 bits per heavy atom. The Morgan fingerprint density at radius 2 is 2.05 bits per heavy atom. The van der Waals surface area contributed by atoms with Crippen LogP contribution in [0.5, 0.6) is 0 Å². The SMILES string of the molecule is O=C(CSc1ccc(Cl)cc1)Nc1cc(C(=O)O)[nH]n1. The Labute approximate surface area is 123 Å². The maximum absolute atomic E-state index is 11.7. The molecule has 1 heterocycles. The number of H-pyrrole nitrogens is 1. The molecule has 1 aromatic heterocycles. The van der Waals surface area contributed by atoms with Gasteiger partial charge in [-0.05, 0) is 24.3 Å². The molecule has 20 heavy (non-hydrogen) atoms. The summed E-state index contributed by atoms with van der Waals surface area (Å²) >= 11 is 7.11. The molecule has 8 heteroatoms. The molecule has 2 rings (SSSR count). The molecule has 0 fully saturated rings. The highest BCUT2D eigenvalue weighted by atomic mass is 35.5. The van der Waals surface area contributed by atoms with E-state index in [0.717, 1.165) is 4.90 Å². The second-order valence-corrected chi connectivity index (χ2v) is 5.25. The summed E-state index contributed by atoms with van der Waals surface area (Å²) < 4.78 is 0. The lowest BCUT2D eigenvalue weighted by Crippen LogP contribution is -2.14. The number of carboxylic acids is 1. The van der Waals surface area contributed by atoms with E-state index in [-0.39, 0.29) is 23.2 Å². The lowest BCUT2D eigenvalue weighted by Gasteiger charge is -2.02. The van der Waals surface area contributed by atoms with Crippen LogP contribution in [0, 0.1) is 0 Å². The maximum Gasteiger partial charge on any atom is 0.353 e. The number of aromatic carboxylic acids is 1. The Morgan fingerprint density at radius 1 is 1.35 bits per heavy atom. The van der Waals surface area contributed by atoms with Gasteiger partial charge in [-0.1, -0.05) is 11.6 Å². The zero-order valence-electron chi connectivity index (χ0n) is 10.1. The molecule has 0 atom stereocenters. The molecule has 2 aromatic rings. The normalized spacial score (nSPS) is 10.2. The zero-order valence-corrected chi connectivity index (χ0v) is 11.7. The quantitative estimate of drug-likeness (QED) is 0.737. The topological polar surface area (TPSA) is 95.1 Å². The summed E-state index contributed by atoms with van der Waals surface area (Å²) in [6, 6.07) is 8.38. The molecule has 0 bridgehead atoms. The number of hydrogen-bond donors (Lipinski definition) is 3. The lowest BCUT2D eigenvalue weighted by atomic mass is 10.4. The van der Waals surface area contributed by atoms with Gasteiger partial charge >= 0.3 is 5.97 Å². The number of thioether (sulfide) groups is 1. The number of anilines is 1. The highest BCUT2D eigenvalue weighted by molar-refractivity contribution is 8.00. The fourth-order valence-corrected chi connectivity index (χ4v) is 2.18. The van der Waals surface area contributed by atoms with Crippen LogP contribution in [0.15, 0.2) is 35.2 Å². The first-order valence-corrected chi connectivity index (χ1v) is 6.88. The molecule has 3 N–H and O–H groups in total. The molecule has 0 saturated carbocycles. The number of carboxylic acid groups (broad SMARTS) is 1. The smallest absolute Gasteiger partial charge is 0.353 e. The number of nitrogens with zero attached hydrogens (tertiary/aromatic N) is 1. The molecule has 0 saturated heterocycles. The zero-order chi connectivity index (χ0) is 14.5. The second-order valence-electron chi connectivity index (χ2n) is 3.76. The monoisotopic (exact) mass is 311 g/mol. The van der Waals surface area contributed by atoms with E-state index in [4.69, 9.17) is 16.7 Å². The highest BCUT2D eigenvalue weighted by Crippen LogP contribution is 2.20. The largest absolute Gasteiger partial charge is 0.477 e. The van der Waals surface area contributed by atoms with Crippen molar-refractivity contribution in [2.75, 3.05) is 11.1 Å². The van der Waals surface area contributed by atoms with Crippen LogP contribution < -0.4 is 5.32 Å². The average molecular weight is 312 g/mol. The van der Waals surface area contributed by atoms with E-state index in [9.17, 15) is 9.59 Å². The fraction of sp³-hybridized carbons (Fsp3) is 0.0833. The number of carbonyl (C=O) groups excluding carboxylic acids is 1. The number of nitrogens with one attached hydrogen (secondary N) is 2. The van der Waals surface area contributed by atoms with Crippen molar-refractivity contribution < 1.29 is 14.7 Å². The summed E-state index contributed by atoms with van der Waals surface area (Å²) in [5, 5.41) is 17.8. The first kappa shape index (κ1) is 14.4. The molecule has 6 nitrogen and oxygen atoms in total. The Kier molecular flexibility index (Phi) is 4.65. The third-order valence-electron chi connectivity index (χ3n) is 2.26. The molecule has 104 valence electrons. The van der Waals surface area contributed by atoms with Crippen molar-refractivity contribution in [3.05, 3.63) is 41.0 Å². The van der Waals surface area contributed by atoms with E-state index in [2.05, 4.69) is 15.5 Å². The van der Waals surface area contributed by atoms with Crippen LogP contribution in [0.3, 0.4) is 0 Å². The number of hydrogen-bond acceptors (Lipinski definition) is 4. The summed E-state index contributed by atoms with van der Waals surface area (Å²) in [4.78, 5) is 23.2. The van der Waals surface area contributed by atoms with Gasteiger partial charge in [0.25, 0.3) is 0 Å². The number of aromatic nitrogens is 2. The third kappa shape index (κ3) is 4.01. The van der Waals surface area contributed by atoms with Gasteiger partial charge in [-0.2, -0.15) is 5.10 Å². The van der Waals surface area contributed by atoms with Crippen molar-refractivity contribution in [2.45, 2.75) is 4.90 Å². The predicted octanol–water partition coefficient (Wildman–Crippen LogP) is 2.49. The molecule has 0 spiro atoms. The van der Waals surface area contributed by atoms with Gasteiger partial charge in [0.05, 0.1) is 5.75 Å². The summed E-state index contributed by atoms with van der Waals surface area (Å²) in [5.41, 5.74) is -0.0781. The van der Waals surface area contributed by atoms with E-state index in [1.807, 2.05) is 12.1 Å². The van der Waals surface area contributed by atoms with Crippen molar-refractivity contribution >= 4 is 41.1 Å². The van der Waals surface area contributed by atoms with Crippen LogP contribution in [0.1, 0.15) is 10.5 Å². The summed E-state index contributed by atoms with van der Waals surface area (Å²) in [5.74, 6) is -1.03. The van der Waals surface area contributed by atoms with E-state index in [0.29, 0.717) is 5.02 Å². The van der Waals surface area contributed by atoms with Crippen molar-refractivity contribution in [3.8, 4) is 0 Å². The van der Waals surface area contributed by atoms with Gasteiger partial charge in [0.1, 0.15) is 5.69 Å². The second kappa shape index (κ2) is 6.44. The van der Waals surface area contributed by atoms with E-state index in [1.165, 1.54) is 17.8 Å². The number of amides is 1.